The summed E-state index contributed by atoms with van der Waals surface area (Å²) in [5, 5.41) is 13.8. The molecular formula is C15H12BrClN4O2S. The Labute approximate surface area is 155 Å². The zero-order valence-electron chi connectivity index (χ0n) is 12.4. The summed E-state index contributed by atoms with van der Waals surface area (Å²) in [5.74, 6) is 0.402. The summed E-state index contributed by atoms with van der Waals surface area (Å²) in [5.41, 5.74) is 0.930. The Morgan fingerprint density at radius 2 is 2.38 bits per heavy atom. The van der Waals surface area contributed by atoms with E-state index in [4.69, 9.17) is 11.6 Å². The van der Waals surface area contributed by atoms with Crippen LogP contribution in [0.25, 0.3) is 6.08 Å². The van der Waals surface area contributed by atoms with E-state index in [0.29, 0.717) is 30.6 Å². The van der Waals surface area contributed by atoms with Gasteiger partial charge in [0, 0.05) is 40.1 Å². The lowest BCUT2D eigenvalue weighted by molar-refractivity contribution is -0.414. The molecule has 0 radical (unpaired) electrons. The largest absolute Gasteiger partial charge is 0.345 e. The van der Waals surface area contributed by atoms with Crippen LogP contribution in [0.3, 0.4) is 0 Å². The lowest BCUT2D eigenvalue weighted by Gasteiger charge is -2.18. The summed E-state index contributed by atoms with van der Waals surface area (Å²) < 4.78 is 0.902. The number of aromatic nitrogens is 1. The van der Waals surface area contributed by atoms with Crippen LogP contribution in [0.15, 0.2) is 44.9 Å². The summed E-state index contributed by atoms with van der Waals surface area (Å²) in [6.07, 6.45) is 3.23. The van der Waals surface area contributed by atoms with E-state index in [1.54, 1.807) is 18.3 Å². The zero-order chi connectivity index (χ0) is 17.1. The third-order valence-electron chi connectivity index (χ3n) is 3.39. The smallest absolute Gasteiger partial charge is 0.312 e. The van der Waals surface area contributed by atoms with Gasteiger partial charge in [-0.15, -0.1) is 11.3 Å². The molecule has 0 saturated heterocycles. The van der Waals surface area contributed by atoms with Crippen molar-refractivity contribution in [3.8, 4) is 0 Å². The molecule has 9 heteroatoms. The number of thiophene rings is 1. The maximum atomic E-state index is 11.5. The van der Waals surface area contributed by atoms with Crippen molar-refractivity contribution in [1.82, 2.24) is 9.88 Å². The topological polar surface area (TPSA) is 71.6 Å². The van der Waals surface area contributed by atoms with Gasteiger partial charge in [-0.25, -0.2) is 4.98 Å². The van der Waals surface area contributed by atoms with Gasteiger partial charge in [0.25, 0.3) is 0 Å². The van der Waals surface area contributed by atoms with Crippen molar-refractivity contribution in [3.05, 3.63) is 65.7 Å². The molecule has 0 unspecified atom stereocenters. The molecule has 3 rings (SSSR count). The van der Waals surface area contributed by atoms with Crippen LogP contribution >= 0.6 is 38.9 Å². The number of hydrogen-bond donors (Lipinski definition) is 0. The minimum atomic E-state index is -0.384. The Morgan fingerprint density at radius 3 is 3.00 bits per heavy atom. The number of amidine groups is 1. The van der Waals surface area contributed by atoms with E-state index in [-0.39, 0.29) is 10.6 Å². The molecule has 1 aliphatic rings. The van der Waals surface area contributed by atoms with E-state index < -0.39 is 0 Å². The Morgan fingerprint density at radius 1 is 1.54 bits per heavy atom. The number of nitro groups is 1. The van der Waals surface area contributed by atoms with Crippen molar-refractivity contribution in [1.29, 1.82) is 0 Å². The molecule has 124 valence electrons. The Balaban J connectivity index is 1.85. The average Bonchev–Trinajstić information content (AvgIpc) is 3.16. The fourth-order valence-corrected chi connectivity index (χ4v) is 3.82. The SMILES string of the molecule is O=[N+]([O-])/C(=C\c1cc(Br)cs1)C1=NCCN1Cc1ccc(Cl)nc1. The molecule has 0 amide bonds. The molecule has 0 fully saturated rings. The second-order valence-corrected chi connectivity index (χ2v) is 7.32. The molecule has 1 aliphatic heterocycles. The van der Waals surface area contributed by atoms with Gasteiger partial charge < -0.3 is 4.90 Å². The van der Waals surface area contributed by atoms with Crippen molar-refractivity contribution in [2.24, 2.45) is 4.99 Å². The van der Waals surface area contributed by atoms with Crippen molar-refractivity contribution in [3.63, 3.8) is 0 Å². The first-order valence-electron chi connectivity index (χ1n) is 7.03. The lowest BCUT2D eigenvalue weighted by atomic mass is 10.2. The highest BCUT2D eigenvalue weighted by atomic mass is 79.9. The molecule has 0 aliphatic carbocycles. The van der Waals surface area contributed by atoms with Gasteiger partial charge in [0.1, 0.15) is 5.15 Å². The van der Waals surface area contributed by atoms with E-state index in [1.807, 2.05) is 22.4 Å². The maximum Gasteiger partial charge on any atom is 0.312 e. The van der Waals surface area contributed by atoms with Gasteiger partial charge in [-0.05, 0) is 33.6 Å². The predicted molar refractivity (Wildman–Crippen MR) is 98.9 cm³/mol. The first kappa shape index (κ1) is 17.1. The minimum absolute atomic E-state index is 0.00349. The summed E-state index contributed by atoms with van der Waals surface area (Å²) >= 11 is 10.6. The van der Waals surface area contributed by atoms with Crippen molar-refractivity contribution in [2.75, 3.05) is 13.1 Å². The molecule has 24 heavy (non-hydrogen) atoms. The monoisotopic (exact) mass is 426 g/mol. The van der Waals surface area contributed by atoms with E-state index in [2.05, 4.69) is 25.9 Å². The average molecular weight is 428 g/mol. The Bertz CT molecular complexity index is 819. The van der Waals surface area contributed by atoms with Crippen molar-refractivity contribution < 1.29 is 4.92 Å². The van der Waals surface area contributed by atoms with Gasteiger partial charge in [-0.1, -0.05) is 17.7 Å². The molecule has 0 bridgehead atoms. The third kappa shape index (κ3) is 4.00. The Hall–Kier alpha value is -1.77. The molecular weight excluding hydrogens is 416 g/mol. The molecule has 0 aromatic carbocycles. The third-order valence-corrected chi connectivity index (χ3v) is 5.25. The van der Waals surface area contributed by atoms with Crippen LogP contribution in [-0.4, -0.2) is 33.7 Å². The van der Waals surface area contributed by atoms with Gasteiger partial charge in [0.05, 0.1) is 11.5 Å². The number of aliphatic imine (C=N–C) groups is 1. The highest BCUT2D eigenvalue weighted by molar-refractivity contribution is 9.10. The molecule has 0 N–H and O–H groups in total. The second kappa shape index (κ2) is 7.42. The van der Waals surface area contributed by atoms with Crippen molar-refractivity contribution in [2.45, 2.75) is 6.54 Å². The standard InChI is InChI=1S/C15H12BrClN4O2S/c16-11-5-12(24-9-11)6-13(21(22)23)15-18-3-4-20(15)8-10-1-2-14(17)19-7-10/h1-2,5-7,9H,3-4,8H2/b13-6-. The summed E-state index contributed by atoms with van der Waals surface area (Å²) in [6.45, 7) is 1.68. The first-order chi connectivity index (χ1) is 11.5. The number of pyridine rings is 1. The normalized spacial score (nSPS) is 14.8. The number of hydrogen-bond acceptors (Lipinski definition) is 6. The molecule has 2 aromatic rings. The van der Waals surface area contributed by atoms with Crippen LogP contribution in [0.1, 0.15) is 10.4 Å². The maximum absolute atomic E-state index is 11.5. The van der Waals surface area contributed by atoms with Crippen LogP contribution in [0.5, 0.6) is 0 Å². The van der Waals surface area contributed by atoms with Gasteiger partial charge in [0.15, 0.2) is 0 Å². The van der Waals surface area contributed by atoms with Crippen molar-refractivity contribution >= 4 is 50.8 Å². The molecule has 0 saturated carbocycles. The second-order valence-electron chi connectivity index (χ2n) is 5.07. The van der Waals surface area contributed by atoms with Gasteiger partial charge in [-0.2, -0.15) is 0 Å². The number of halogens is 2. The van der Waals surface area contributed by atoms with E-state index in [0.717, 1.165) is 14.9 Å². The first-order valence-corrected chi connectivity index (χ1v) is 9.08. The molecule has 0 spiro atoms. The molecule has 0 atom stereocenters. The molecule has 3 heterocycles. The van der Waals surface area contributed by atoms with Gasteiger partial charge in [0.2, 0.25) is 5.84 Å². The fraction of sp³-hybridized carbons (Fsp3) is 0.200. The van der Waals surface area contributed by atoms with E-state index in [9.17, 15) is 10.1 Å². The summed E-state index contributed by atoms with van der Waals surface area (Å²) in [7, 11) is 0. The molecule has 2 aromatic heterocycles. The highest BCUT2D eigenvalue weighted by Gasteiger charge is 2.29. The van der Waals surface area contributed by atoms with Gasteiger partial charge in [-0.3, -0.25) is 15.1 Å². The van der Waals surface area contributed by atoms with Crippen LogP contribution in [0, 0.1) is 10.1 Å². The quantitative estimate of drug-likeness (QED) is 0.409. The number of rotatable bonds is 5. The van der Waals surface area contributed by atoms with Crippen LogP contribution in [-0.2, 0) is 6.54 Å². The predicted octanol–water partition coefficient (Wildman–Crippen LogP) is 4.09. The Kier molecular flexibility index (Phi) is 5.27. The van der Waals surface area contributed by atoms with E-state index >= 15 is 0 Å². The fourth-order valence-electron chi connectivity index (χ4n) is 2.34. The van der Waals surface area contributed by atoms with Crippen LogP contribution in [0.2, 0.25) is 5.15 Å². The highest BCUT2D eigenvalue weighted by Crippen LogP contribution is 2.24. The minimum Gasteiger partial charge on any atom is -0.345 e. The summed E-state index contributed by atoms with van der Waals surface area (Å²) in [4.78, 5) is 22.2. The summed E-state index contributed by atoms with van der Waals surface area (Å²) in [6, 6.07) is 5.41. The van der Waals surface area contributed by atoms with E-state index in [1.165, 1.54) is 11.3 Å². The van der Waals surface area contributed by atoms with Crippen LogP contribution < -0.4 is 0 Å². The number of nitrogens with zero attached hydrogens (tertiary/aromatic N) is 4. The van der Waals surface area contributed by atoms with Crippen LogP contribution in [0.4, 0.5) is 0 Å². The van der Waals surface area contributed by atoms with Gasteiger partial charge >= 0.3 is 5.70 Å². The zero-order valence-corrected chi connectivity index (χ0v) is 15.5. The lowest BCUT2D eigenvalue weighted by Crippen LogP contribution is -2.30. The molecule has 6 nitrogen and oxygen atoms in total.